The Morgan fingerprint density at radius 3 is 2.56 bits per heavy atom. The predicted molar refractivity (Wildman–Crippen MR) is 107 cm³/mol. The molecule has 5 nitrogen and oxygen atoms in total. The number of fused-ring (bicyclic) bond motifs is 1. The van der Waals surface area contributed by atoms with Crippen molar-refractivity contribution in [2.45, 2.75) is 6.92 Å². The van der Waals surface area contributed by atoms with E-state index in [4.69, 9.17) is 11.6 Å². The monoisotopic (exact) mass is 374 g/mol. The lowest BCUT2D eigenvalue weighted by molar-refractivity contribution is 0.102. The molecule has 1 amide bonds. The average molecular weight is 375 g/mol. The predicted octanol–water partition coefficient (Wildman–Crippen LogP) is 4.91. The zero-order chi connectivity index (χ0) is 18.8. The summed E-state index contributed by atoms with van der Waals surface area (Å²) in [7, 11) is 0. The molecule has 0 unspecified atom stereocenters. The van der Waals surface area contributed by atoms with Crippen LogP contribution in [-0.4, -0.2) is 20.9 Å². The maximum absolute atomic E-state index is 12.4. The molecule has 0 fully saturated rings. The number of hydrogen-bond acceptors (Lipinski definition) is 4. The number of para-hydroxylation sites is 2. The fourth-order valence-electron chi connectivity index (χ4n) is 2.69. The van der Waals surface area contributed by atoms with Gasteiger partial charge < -0.3 is 5.32 Å². The smallest absolute Gasteiger partial charge is 0.257 e. The van der Waals surface area contributed by atoms with Gasteiger partial charge in [0.1, 0.15) is 0 Å². The van der Waals surface area contributed by atoms with E-state index in [0.29, 0.717) is 27.5 Å². The third-order valence-electron chi connectivity index (χ3n) is 4.12. The molecule has 0 atom stereocenters. The lowest BCUT2D eigenvalue weighted by Gasteiger charge is -2.09. The van der Waals surface area contributed by atoms with Crippen LogP contribution in [0.1, 0.15) is 16.1 Å². The Labute approximate surface area is 161 Å². The van der Waals surface area contributed by atoms with E-state index in [1.54, 1.807) is 42.7 Å². The van der Waals surface area contributed by atoms with Crippen LogP contribution in [0.5, 0.6) is 0 Å². The zero-order valence-corrected chi connectivity index (χ0v) is 15.2. The first kappa shape index (κ1) is 17.1. The van der Waals surface area contributed by atoms with E-state index in [1.165, 1.54) is 0 Å². The number of hydrogen-bond donors (Lipinski definition) is 1. The van der Waals surface area contributed by atoms with Crippen molar-refractivity contribution in [3.05, 3.63) is 83.3 Å². The van der Waals surface area contributed by atoms with E-state index in [-0.39, 0.29) is 5.91 Å². The van der Waals surface area contributed by atoms with Gasteiger partial charge in [0.2, 0.25) is 0 Å². The fourth-order valence-corrected chi connectivity index (χ4v) is 2.91. The molecule has 0 saturated heterocycles. The lowest BCUT2D eigenvalue weighted by atomic mass is 10.1. The molecule has 4 aromatic rings. The van der Waals surface area contributed by atoms with Crippen molar-refractivity contribution in [2.24, 2.45) is 0 Å². The fraction of sp³-hybridized carbons (Fsp3) is 0.0476. The summed E-state index contributed by atoms with van der Waals surface area (Å²) >= 11 is 6.36. The van der Waals surface area contributed by atoms with Gasteiger partial charge in [-0.2, -0.15) is 0 Å². The van der Waals surface area contributed by atoms with Gasteiger partial charge in [-0.25, -0.2) is 4.98 Å². The number of carbonyl (C=O) groups is 1. The van der Waals surface area contributed by atoms with Gasteiger partial charge in [-0.3, -0.25) is 14.8 Å². The Balaban J connectivity index is 1.66. The maximum Gasteiger partial charge on any atom is 0.257 e. The number of anilines is 1. The summed E-state index contributed by atoms with van der Waals surface area (Å²) in [6.07, 6.45) is 3.23. The molecular formula is C21H15ClN4O. The Bertz CT molecular complexity index is 1140. The molecule has 1 N–H and O–H groups in total. The number of halogens is 1. The number of benzene rings is 2. The van der Waals surface area contributed by atoms with Crippen LogP contribution in [0.25, 0.3) is 22.3 Å². The van der Waals surface area contributed by atoms with Gasteiger partial charge in [0.05, 0.1) is 33.5 Å². The van der Waals surface area contributed by atoms with Crippen LogP contribution in [0.15, 0.2) is 67.0 Å². The molecule has 0 saturated carbocycles. The van der Waals surface area contributed by atoms with Crippen LogP contribution >= 0.6 is 11.6 Å². The minimum atomic E-state index is -0.236. The van der Waals surface area contributed by atoms with E-state index >= 15 is 0 Å². The molecule has 6 heteroatoms. The van der Waals surface area contributed by atoms with Crippen LogP contribution in [0.4, 0.5) is 5.69 Å². The normalized spacial score (nSPS) is 10.7. The quantitative estimate of drug-likeness (QED) is 0.553. The molecule has 0 bridgehead atoms. The molecule has 27 heavy (non-hydrogen) atoms. The molecule has 132 valence electrons. The molecule has 2 heterocycles. The van der Waals surface area contributed by atoms with Gasteiger partial charge in [-0.1, -0.05) is 23.7 Å². The molecule has 0 radical (unpaired) electrons. The average Bonchev–Trinajstić information content (AvgIpc) is 2.69. The molecule has 0 aliphatic carbocycles. The zero-order valence-electron chi connectivity index (χ0n) is 14.5. The molecule has 2 aromatic heterocycles. The number of aromatic nitrogens is 3. The topological polar surface area (TPSA) is 67.8 Å². The van der Waals surface area contributed by atoms with Crippen molar-refractivity contribution in [1.82, 2.24) is 15.0 Å². The van der Waals surface area contributed by atoms with Crippen molar-refractivity contribution in [1.29, 1.82) is 0 Å². The van der Waals surface area contributed by atoms with Crippen LogP contribution < -0.4 is 5.32 Å². The summed E-state index contributed by atoms with van der Waals surface area (Å²) < 4.78 is 0. The van der Waals surface area contributed by atoms with E-state index in [0.717, 1.165) is 16.7 Å². The van der Waals surface area contributed by atoms with Crippen molar-refractivity contribution < 1.29 is 4.79 Å². The lowest BCUT2D eigenvalue weighted by Crippen LogP contribution is -2.12. The Kier molecular flexibility index (Phi) is 4.52. The van der Waals surface area contributed by atoms with E-state index in [9.17, 15) is 4.79 Å². The highest BCUT2D eigenvalue weighted by atomic mass is 35.5. The largest absolute Gasteiger partial charge is 0.322 e. The minimum absolute atomic E-state index is 0.236. The Morgan fingerprint density at radius 1 is 0.963 bits per heavy atom. The van der Waals surface area contributed by atoms with E-state index in [1.807, 2.05) is 31.2 Å². The molecule has 0 aliphatic rings. The summed E-state index contributed by atoms with van der Waals surface area (Å²) in [6, 6.07) is 16.4. The number of nitrogens with one attached hydrogen (secondary N) is 1. The van der Waals surface area contributed by atoms with Crippen LogP contribution in [0.2, 0.25) is 5.02 Å². The summed E-state index contributed by atoms with van der Waals surface area (Å²) in [5, 5.41) is 3.40. The second-order valence-corrected chi connectivity index (χ2v) is 6.49. The SMILES string of the molecule is Cc1ccc(C(=O)Nc2ccc(Cl)c(-c3cnc4ccccc4n3)c2)cn1. The van der Waals surface area contributed by atoms with Crippen molar-refractivity contribution in [3.8, 4) is 11.3 Å². The highest BCUT2D eigenvalue weighted by Gasteiger charge is 2.11. The third-order valence-corrected chi connectivity index (χ3v) is 4.45. The Morgan fingerprint density at radius 2 is 1.78 bits per heavy atom. The number of carbonyl (C=O) groups excluding carboxylic acids is 1. The van der Waals surface area contributed by atoms with Crippen molar-refractivity contribution in [3.63, 3.8) is 0 Å². The second-order valence-electron chi connectivity index (χ2n) is 6.08. The maximum atomic E-state index is 12.4. The van der Waals surface area contributed by atoms with Crippen LogP contribution in [0.3, 0.4) is 0 Å². The standard InChI is InChI=1S/C21H15ClN4O/c1-13-6-7-14(11-23-13)21(27)25-15-8-9-17(22)16(10-15)20-12-24-18-4-2-3-5-19(18)26-20/h2-12H,1H3,(H,25,27). The molecule has 2 aromatic carbocycles. The first-order valence-electron chi connectivity index (χ1n) is 8.36. The Hall–Kier alpha value is -3.31. The van der Waals surface area contributed by atoms with Crippen molar-refractivity contribution >= 4 is 34.2 Å². The number of aryl methyl sites for hydroxylation is 1. The van der Waals surface area contributed by atoms with E-state index in [2.05, 4.69) is 20.3 Å². The van der Waals surface area contributed by atoms with Crippen LogP contribution in [-0.2, 0) is 0 Å². The molecular weight excluding hydrogens is 360 g/mol. The summed E-state index contributed by atoms with van der Waals surface area (Å²) in [5.74, 6) is -0.236. The first-order chi connectivity index (χ1) is 13.1. The number of amides is 1. The second kappa shape index (κ2) is 7.13. The number of pyridine rings is 1. The first-order valence-corrected chi connectivity index (χ1v) is 8.74. The van der Waals surface area contributed by atoms with Gasteiger partial charge in [0.15, 0.2) is 0 Å². The molecule has 0 aliphatic heterocycles. The van der Waals surface area contributed by atoms with E-state index < -0.39 is 0 Å². The van der Waals surface area contributed by atoms with Gasteiger partial charge in [-0.15, -0.1) is 0 Å². The third kappa shape index (κ3) is 3.64. The summed E-state index contributed by atoms with van der Waals surface area (Å²) in [4.78, 5) is 25.6. The van der Waals surface area contributed by atoms with Gasteiger partial charge >= 0.3 is 0 Å². The van der Waals surface area contributed by atoms with Gasteiger partial charge in [0, 0.05) is 23.1 Å². The highest BCUT2D eigenvalue weighted by molar-refractivity contribution is 6.33. The van der Waals surface area contributed by atoms with Gasteiger partial charge in [-0.05, 0) is 49.4 Å². The highest BCUT2D eigenvalue weighted by Crippen LogP contribution is 2.30. The minimum Gasteiger partial charge on any atom is -0.322 e. The van der Waals surface area contributed by atoms with Crippen molar-refractivity contribution in [2.75, 3.05) is 5.32 Å². The van der Waals surface area contributed by atoms with Gasteiger partial charge in [0.25, 0.3) is 5.91 Å². The summed E-state index contributed by atoms with van der Waals surface area (Å²) in [6.45, 7) is 1.87. The molecule has 0 spiro atoms. The number of rotatable bonds is 3. The number of nitrogens with zero attached hydrogens (tertiary/aromatic N) is 3. The molecule has 4 rings (SSSR count). The summed E-state index contributed by atoms with van der Waals surface area (Å²) in [5.41, 5.74) is 4.91. The van der Waals surface area contributed by atoms with Crippen LogP contribution in [0, 0.1) is 6.92 Å².